The first kappa shape index (κ1) is 2.76. The quantitative estimate of drug-likeness (QED) is 0.413. The number of hydrogen-bond donors (Lipinski definition) is 0. The molecule has 0 amide bonds. The minimum atomic E-state index is 0.972. The molecule has 1 radical (unpaired) electrons. The third kappa shape index (κ3) is 0.407. The summed E-state index contributed by atoms with van der Waals surface area (Å²) in [6.07, 6.45) is 4.61. The molecule has 1 aliphatic rings. The average Bonchev–Trinajstić information content (AvgIpc) is 1.76. The lowest BCUT2D eigenvalue weighted by molar-refractivity contribution is 0.356. The van der Waals surface area contributed by atoms with Gasteiger partial charge in [-0.3, -0.25) is 0 Å². The average molecular weight is 69.1 g/mol. The highest BCUT2D eigenvalue weighted by molar-refractivity contribution is 4.85. The van der Waals surface area contributed by atoms with Crippen molar-refractivity contribution >= 4 is 0 Å². The third-order valence-corrected chi connectivity index (χ3v) is 0.503. The van der Waals surface area contributed by atoms with Gasteiger partial charge in [0.15, 0.2) is 0 Å². The standard InChI is InChI=1S/C4H5O/c1-2-4-5-3-1/h1,3-4H,2H2. The Bertz CT molecular complexity index is 41.6. The van der Waals surface area contributed by atoms with Crippen LogP contribution >= 0.6 is 0 Å². The SMILES string of the molecule is [CH]1CC=CO1. The predicted octanol–water partition coefficient (Wildman–Crippen LogP) is 1.08. The van der Waals surface area contributed by atoms with Crippen molar-refractivity contribution < 1.29 is 4.74 Å². The summed E-state index contributed by atoms with van der Waals surface area (Å²) >= 11 is 0. The highest BCUT2D eigenvalue weighted by Crippen LogP contribution is 1.99. The van der Waals surface area contributed by atoms with Crippen molar-refractivity contribution in [2.75, 3.05) is 0 Å². The zero-order valence-corrected chi connectivity index (χ0v) is 2.85. The zero-order chi connectivity index (χ0) is 3.54. The van der Waals surface area contributed by atoms with Gasteiger partial charge in [0.1, 0.15) is 6.61 Å². The van der Waals surface area contributed by atoms with Gasteiger partial charge in [0.2, 0.25) is 0 Å². The highest BCUT2D eigenvalue weighted by atomic mass is 16.5. The summed E-state index contributed by atoms with van der Waals surface area (Å²) in [5, 5.41) is 0. The summed E-state index contributed by atoms with van der Waals surface area (Å²) in [7, 11) is 0. The van der Waals surface area contributed by atoms with Crippen LogP contribution in [0.3, 0.4) is 0 Å². The van der Waals surface area contributed by atoms with Crippen molar-refractivity contribution in [3.63, 3.8) is 0 Å². The number of rotatable bonds is 0. The Balaban J connectivity index is 2.32. The van der Waals surface area contributed by atoms with Crippen LogP contribution in [0.25, 0.3) is 0 Å². The van der Waals surface area contributed by atoms with E-state index in [0.717, 1.165) is 6.42 Å². The molecule has 0 aromatic heterocycles. The van der Waals surface area contributed by atoms with Crippen molar-refractivity contribution in [2.45, 2.75) is 6.42 Å². The van der Waals surface area contributed by atoms with Crippen molar-refractivity contribution in [3.05, 3.63) is 18.9 Å². The van der Waals surface area contributed by atoms with Crippen LogP contribution in [0.15, 0.2) is 12.3 Å². The van der Waals surface area contributed by atoms with Crippen LogP contribution in [0.4, 0.5) is 0 Å². The van der Waals surface area contributed by atoms with Gasteiger partial charge in [0.05, 0.1) is 6.26 Å². The van der Waals surface area contributed by atoms with Gasteiger partial charge in [-0.2, -0.15) is 0 Å². The Labute approximate surface area is 31.3 Å². The van der Waals surface area contributed by atoms with Crippen LogP contribution < -0.4 is 0 Å². The second-order valence-corrected chi connectivity index (χ2v) is 0.910. The Morgan fingerprint density at radius 2 is 2.60 bits per heavy atom. The molecule has 27 valence electrons. The summed E-state index contributed by atoms with van der Waals surface area (Å²) in [6, 6.07) is 0. The normalized spacial score (nSPS) is 19.2. The van der Waals surface area contributed by atoms with E-state index in [1.165, 1.54) is 0 Å². The Kier molecular flexibility index (Phi) is 0.612. The van der Waals surface area contributed by atoms with E-state index in [1.807, 2.05) is 6.08 Å². The molecule has 0 spiro atoms. The van der Waals surface area contributed by atoms with Gasteiger partial charge in [0.25, 0.3) is 0 Å². The van der Waals surface area contributed by atoms with E-state index in [9.17, 15) is 0 Å². The first-order chi connectivity index (χ1) is 2.50. The molecule has 0 fully saturated rings. The van der Waals surface area contributed by atoms with Gasteiger partial charge in [0, 0.05) is 6.42 Å². The summed E-state index contributed by atoms with van der Waals surface area (Å²) in [5.74, 6) is 0. The summed E-state index contributed by atoms with van der Waals surface area (Å²) < 4.78 is 4.64. The summed E-state index contributed by atoms with van der Waals surface area (Å²) in [6.45, 7) is 1.75. The lowest BCUT2D eigenvalue weighted by Crippen LogP contribution is -1.59. The highest BCUT2D eigenvalue weighted by Gasteiger charge is 1.85. The smallest absolute Gasteiger partial charge is 0.138 e. The van der Waals surface area contributed by atoms with Gasteiger partial charge in [-0.05, 0) is 6.08 Å². The molecular weight excluding hydrogens is 64.0 g/mol. The maximum atomic E-state index is 4.64. The van der Waals surface area contributed by atoms with Crippen LogP contribution in [0.5, 0.6) is 0 Å². The maximum absolute atomic E-state index is 4.64. The van der Waals surface area contributed by atoms with Crippen molar-refractivity contribution in [1.29, 1.82) is 0 Å². The molecule has 0 bridgehead atoms. The molecule has 1 nitrogen and oxygen atoms in total. The molecule has 1 heterocycles. The van der Waals surface area contributed by atoms with Crippen LogP contribution in [0.1, 0.15) is 6.42 Å². The van der Waals surface area contributed by atoms with Gasteiger partial charge in [-0.15, -0.1) is 0 Å². The molecule has 0 N–H and O–H groups in total. The molecule has 0 unspecified atom stereocenters. The number of hydrogen-bond acceptors (Lipinski definition) is 1. The van der Waals surface area contributed by atoms with E-state index in [1.54, 1.807) is 12.9 Å². The molecule has 0 aromatic carbocycles. The molecule has 5 heavy (non-hydrogen) atoms. The summed E-state index contributed by atoms with van der Waals surface area (Å²) in [4.78, 5) is 0. The molecule has 0 aromatic rings. The molecule has 0 atom stereocenters. The minimum Gasteiger partial charge on any atom is -0.494 e. The first-order valence-electron chi connectivity index (χ1n) is 1.62. The van der Waals surface area contributed by atoms with Gasteiger partial charge >= 0.3 is 0 Å². The fraction of sp³-hybridized carbons (Fsp3) is 0.250. The third-order valence-electron chi connectivity index (χ3n) is 0.503. The Hall–Kier alpha value is -0.460. The lowest BCUT2D eigenvalue weighted by atomic mass is 10.5. The van der Waals surface area contributed by atoms with E-state index in [-0.39, 0.29) is 0 Å². The zero-order valence-electron chi connectivity index (χ0n) is 2.85. The van der Waals surface area contributed by atoms with Gasteiger partial charge < -0.3 is 4.74 Å². The van der Waals surface area contributed by atoms with E-state index >= 15 is 0 Å². The van der Waals surface area contributed by atoms with Crippen LogP contribution in [0, 0.1) is 6.61 Å². The minimum absolute atomic E-state index is 0.972. The second-order valence-electron chi connectivity index (χ2n) is 0.910. The monoisotopic (exact) mass is 69.0 g/mol. The Morgan fingerprint density at radius 1 is 1.60 bits per heavy atom. The maximum Gasteiger partial charge on any atom is 0.138 e. The molecular formula is C4H5O. The van der Waals surface area contributed by atoms with E-state index in [4.69, 9.17) is 0 Å². The number of ether oxygens (including phenoxy) is 1. The van der Waals surface area contributed by atoms with E-state index in [0.29, 0.717) is 0 Å². The topological polar surface area (TPSA) is 9.23 Å². The molecule has 1 heteroatoms. The van der Waals surface area contributed by atoms with Gasteiger partial charge in [-0.1, -0.05) is 0 Å². The van der Waals surface area contributed by atoms with E-state index < -0.39 is 0 Å². The van der Waals surface area contributed by atoms with Crippen molar-refractivity contribution in [1.82, 2.24) is 0 Å². The van der Waals surface area contributed by atoms with Crippen molar-refractivity contribution in [2.24, 2.45) is 0 Å². The lowest BCUT2D eigenvalue weighted by Gasteiger charge is -1.77. The second kappa shape index (κ2) is 1.11. The fourth-order valence-corrected chi connectivity index (χ4v) is 0.278. The van der Waals surface area contributed by atoms with Crippen LogP contribution in [-0.4, -0.2) is 0 Å². The van der Waals surface area contributed by atoms with Crippen LogP contribution in [-0.2, 0) is 4.74 Å². The largest absolute Gasteiger partial charge is 0.494 e. The van der Waals surface area contributed by atoms with Gasteiger partial charge in [-0.25, -0.2) is 0 Å². The Morgan fingerprint density at radius 3 is 2.80 bits per heavy atom. The first-order valence-corrected chi connectivity index (χ1v) is 1.62. The summed E-state index contributed by atoms with van der Waals surface area (Å²) in [5.41, 5.74) is 0. The van der Waals surface area contributed by atoms with Crippen LogP contribution in [0.2, 0.25) is 0 Å². The van der Waals surface area contributed by atoms with E-state index in [2.05, 4.69) is 4.74 Å². The molecule has 0 saturated heterocycles. The fourth-order valence-electron chi connectivity index (χ4n) is 0.278. The predicted molar refractivity (Wildman–Crippen MR) is 19.1 cm³/mol. The molecule has 0 aliphatic carbocycles. The molecule has 1 aliphatic heterocycles. The van der Waals surface area contributed by atoms with Crippen molar-refractivity contribution in [3.8, 4) is 0 Å². The molecule has 0 saturated carbocycles. The molecule has 1 rings (SSSR count).